The molecule has 0 bridgehead atoms. The Labute approximate surface area is 210 Å². The van der Waals surface area contributed by atoms with Crippen LogP contribution in [0.2, 0.25) is 0 Å². The van der Waals surface area contributed by atoms with Crippen LogP contribution in [0.1, 0.15) is 80.4 Å². The van der Waals surface area contributed by atoms with E-state index in [1.165, 1.54) is 19.3 Å². The van der Waals surface area contributed by atoms with Gasteiger partial charge in [0.05, 0.1) is 12.2 Å². The number of hydrogen-bond acceptors (Lipinski definition) is 7. The maximum absolute atomic E-state index is 13.0. The van der Waals surface area contributed by atoms with E-state index >= 15 is 0 Å². The summed E-state index contributed by atoms with van der Waals surface area (Å²) in [6.45, 7) is 2.64. The predicted molar refractivity (Wildman–Crippen MR) is 136 cm³/mol. The van der Waals surface area contributed by atoms with Crippen LogP contribution in [0.5, 0.6) is 0 Å². The van der Waals surface area contributed by atoms with Crippen LogP contribution in [-0.2, 0) is 13.0 Å². The van der Waals surface area contributed by atoms with Crippen molar-refractivity contribution < 1.29 is 4.79 Å². The third-order valence-corrected chi connectivity index (χ3v) is 6.93. The van der Waals surface area contributed by atoms with Gasteiger partial charge in [0, 0.05) is 30.2 Å². The van der Waals surface area contributed by atoms with E-state index in [9.17, 15) is 4.79 Å². The molecule has 1 aliphatic rings. The molecular weight excluding hydrogens is 452 g/mol. The maximum atomic E-state index is 13.0. The van der Waals surface area contributed by atoms with Crippen LogP contribution in [0.15, 0.2) is 42.6 Å². The first-order valence-electron chi connectivity index (χ1n) is 13.0. The van der Waals surface area contributed by atoms with E-state index in [1.54, 1.807) is 0 Å². The number of carbonyl (C=O) groups is 1. The van der Waals surface area contributed by atoms with Gasteiger partial charge in [-0.05, 0) is 34.4 Å². The van der Waals surface area contributed by atoms with Gasteiger partial charge in [-0.1, -0.05) is 75.8 Å². The summed E-state index contributed by atoms with van der Waals surface area (Å²) in [6, 6.07) is 12.0. The normalized spacial score (nSPS) is 14.2. The number of unbranched alkanes of at least 4 members (excludes halogenated alkanes) is 1. The average Bonchev–Trinajstić information content (AvgIpc) is 3.59. The molecule has 0 saturated heterocycles. The van der Waals surface area contributed by atoms with Crippen molar-refractivity contribution in [2.45, 2.75) is 71.3 Å². The molecule has 9 heteroatoms. The van der Waals surface area contributed by atoms with Crippen molar-refractivity contribution in [2.75, 3.05) is 0 Å². The van der Waals surface area contributed by atoms with Crippen molar-refractivity contribution in [3.05, 3.63) is 59.9 Å². The van der Waals surface area contributed by atoms with E-state index in [4.69, 9.17) is 4.98 Å². The number of benzene rings is 1. The molecule has 0 atom stereocenters. The van der Waals surface area contributed by atoms with Gasteiger partial charge in [-0.25, -0.2) is 14.8 Å². The van der Waals surface area contributed by atoms with Gasteiger partial charge in [-0.2, -0.15) is 0 Å². The van der Waals surface area contributed by atoms with E-state index in [1.807, 2.05) is 47.3 Å². The molecule has 1 saturated carbocycles. The molecule has 4 aromatic rings. The number of aryl methyl sites for hydroxylation is 1. The SMILES string of the molecule is CCCCc1nc(C(=O)CC2CCCCC2)nn1Cc1ccc(-c2ccccc2-c2nnn[nH]2)cn1. The summed E-state index contributed by atoms with van der Waals surface area (Å²) >= 11 is 0. The minimum atomic E-state index is 0.0696. The first kappa shape index (κ1) is 24.0. The highest BCUT2D eigenvalue weighted by atomic mass is 16.1. The zero-order valence-corrected chi connectivity index (χ0v) is 20.7. The second-order valence-electron chi connectivity index (χ2n) is 9.58. The first-order chi connectivity index (χ1) is 17.7. The predicted octanol–water partition coefficient (Wildman–Crippen LogP) is 5.06. The second-order valence-corrected chi connectivity index (χ2v) is 9.58. The minimum absolute atomic E-state index is 0.0696. The molecule has 0 spiro atoms. The molecule has 1 N–H and O–H groups in total. The van der Waals surface area contributed by atoms with E-state index in [0.29, 0.717) is 30.5 Å². The van der Waals surface area contributed by atoms with Crippen molar-refractivity contribution in [2.24, 2.45) is 5.92 Å². The van der Waals surface area contributed by atoms with Gasteiger partial charge in [-0.3, -0.25) is 9.78 Å². The van der Waals surface area contributed by atoms with Gasteiger partial charge in [0.2, 0.25) is 11.6 Å². The number of hydrogen-bond donors (Lipinski definition) is 1. The highest BCUT2D eigenvalue weighted by Gasteiger charge is 2.22. The summed E-state index contributed by atoms with van der Waals surface area (Å²) in [6.07, 6.45) is 11.3. The van der Waals surface area contributed by atoms with Crippen molar-refractivity contribution in [1.82, 2.24) is 40.4 Å². The number of Topliss-reactive ketones (excluding diaryl/α,β-unsaturated/α-hetero) is 1. The Morgan fingerprint density at radius 1 is 1.08 bits per heavy atom. The molecule has 0 radical (unpaired) electrons. The molecule has 0 amide bonds. The van der Waals surface area contributed by atoms with Crippen LogP contribution in [0.25, 0.3) is 22.5 Å². The largest absolute Gasteiger partial charge is 0.291 e. The average molecular weight is 485 g/mol. The molecule has 1 aromatic carbocycles. The van der Waals surface area contributed by atoms with Gasteiger partial charge in [0.15, 0.2) is 5.82 Å². The number of nitrogens with one attached hydrogen (secondary N) is 1. The lowest BCUT2D eigenvalue weighted by atomic mass is 9.86. The zero-order chi connectivity index (χ0) is 24.7. The van der Waals surface area contributed by atoms with Gasteiger partial charge in [-0.15, -0.1) is 10.2 Å². The summed E-state index contributed by atoms with van der Waals surface area (Å²) < 4.78 is 1.86. The number of pyridine rings is 1. The summed E-state index contributed by atoms with van der Waals surface area (Å²) in [5.74, 6) is 2.38. The molecule has 0 aliphatic heterocycles. The lowest BCUT2D eigenvalue weighted by molar-refractivity contribution is 0.0939. The molecular formula is C27H32N8O. The lowest BCUT2D eigenvalue weighted by Crippen LogP contribution is -2.14. The van der Waals surface area contributed by atoms with E-state index in [-0.39, 0.29) is 5.78 Å². The number of carbonyl (C=O) groups excluding carboxylic acids is 1. The Bertz CT molecular complexity index is 1270. The molecule has 3 aromatic heterocycles. The number of tetrazole rings is 1. The Morgan fingerprint density at radius 2 is 1.92 bits per heavy atom. The van der Waals surface area contributed by atoms with Crippen molar-refractivity contribution >= 4 is 5.78 Å². The monoisotopic (exact) mass is 484 g/mol. The Balaban J connectivity index is 1.34. The first-order valence-corrected chi connectivity index (χ1v) is 13.0. The van der Waals surface area contributed by atoms with E-state index < -0.39 is 0 Å². The van der Waals surface area contributed by atoms with Gasteiger partial charge < -0.3 is 0 Å². The number of rotatable bonds is 10. The number of aromatic amines is 1. The third-order valence-electron chi connectivity index (χ3n) is 6.93. The van der Waals surface area contributed by atoms with Crippen LogP contribution >= 0.6 is 0 Å². The fourth-order valence-electron chi connectivity index (χ4n) is 4.93. The van der Waals surface area contributed by atoms with Crippen LogP contribution in [0.3, 0.4) is 0 Å². The topological polar surface area (TPSA) is 115 Å². The molecule has 36 heavy (non-hydrogen) atoms. The quantitative estimate of drug-likeness (QED) is 0.313. The van der Waals surface area contributed by atoms with Crippen LogP contribution in [0.4, 0.5) is 0 Å². The fourth-order valence-corrected chi connectivity index (χ4v) is 4.93. The van der Waals surface area contributed by atoms with E-state index in [2.05, 4.69) is 37.6 Å². The summed E-state index contributed by atoms with van der Waals surface area (Å²) in [5, 5.41) is 18.9. The molecule has 9 nitrogen and oxygen atoms in total. The molecule has 5 rings (SSSR count). The summed E-state index contributed by atoms with van der Waals surface area (Å²) in [5.41, 5.74) is 3.75. The number of H-pyrrole nitrogens is 1. The molecule has 3 heterocycles. The third kappa shape index (κ3) is 5.56. The van der Waals surface area contributed by atoms with Crippen LogP contribution in [-0.4, -0.2) is 46.2 Å². The molecule has 186 valence electrons. The molecule has 1 aliphatic carbocycles. The number of aromatic nitrogens is 8. The van der Waals surface area contributed by atoms with Crippen molar-refractivity contribution in [3.63, 3.8) is 0 Å². The Hall–Kier alpha value is -3.75. The van der Waals surface area contributed by atoms with Crippen LogP contribution < -0.4 is 0 Å². The Kier molecular flexibility index (Phi) is 7.54. The molecule has 1 fully saturated rings. The highest BCUT2D eigenvalue weighted by molar-refractivity contribution is 5.92. The number of ketones is 1. The van der Waals surface area contributed by atoms with E-state index in [0.717, 1.165) is 60.3 Å². The van der Waals surface area contributed by atoms with Gasteiger partial charge in [0.25, 0.3) is 0 Å². The molecule has 0 unspecified atom stereocenters. The van der Waals surface area contributed by atoms with Crippen LogP contribution in [0, 0.1) is 5.92 Å². The van der Waals surface area contributed by atoms with Gasteiger partial charge in [0.1, 0.15) is 5.82 Å². The second kappa shape index (κ2) is 11.3. The minimum Gasteiger partial charge on any atom is -0.291 e. The summed E-state index contributed by atoms with van der Waals surface area (Å²) in [4.78, 5) is 22.3. The van der Waals surface area contributed by atoms with Gasteiger partial charge >= 0.3 is 0 Å². The Morgan fingerprint density at radius 3 is 2.64 bits per heavy atom. The van der Waals surface area contributed by atoms with Crippen molar-refractivity contribution in [3.8, 4) is 22.5 Å². The van der Waals surface area contributed by atoms with Crippen molar-refractivity contribution in [1.29, 1.82) is 0 Å². The lowest BCUT2D eigenvalue weighted by Gasteiger charge is -2.19. The summed E-state index contributed by atoms with van der Waals surface area (Å²) in [7, 11) is 0. The smallest absolute Gasteiger partial charge is 0.217 e. The standard InChI is InChI=1S/C27H32N8O/c1-2-3-13-25-29-27(24(36)16-19-9-5-4-6-10-19)32-35(25)18-21-15-14-20(17-28-21)22-11-7-8-12-23(22)26-30-33-34-31-26/h7-8,11-12,14-15,17,19H,2-6,9-10,13,16,18H2,1H3,(H,30,31,33,34). The zero-order valence-electron chi connectivity index (χ0n) is 20.7. The highest BCUT2D eigenvalue weighted by Crippen LogP contribution is 2.29. The fraction of sp³-hybridized carbons (Fsp3) is 0.444. The maximum Gasteiger partial charge on any atom is 0.217 e. The number of nitrogens with zero attached hydrogens (tertiary/aromatic N) is 7.